The normalized spacial score (nSPS) is 10.0. The number of hydrogen-bond acceptors (Lipinski definition) is 4. The highest BCUT2D eigenvalue weighted by atomic mass is 16.5. The van der Waals surface area contributed by atoms with Crippen LogP contribution >= 0.6 is 0 Å². The van der Waals surface area contributed by atoms with Crippen molar-refractivity contribution in [2.45, 2.75) is 6.92 Å². The summed E-state index contributed by atoms with van der Waals surface area (Å²) in [5, 5.41) is 2.74. The lowest BCUT2D eigenvalue weighted by Crippen LogP contribution is -2.35. The number of benzene rings is 1. The zero-order chi connectivity index (χ0) is 16.8. The maximum atomic E-state index is 12.2. The van der Waals surface area contributed by atoms with Gasteiger partial charge in [-0.05, 0) is 43.3 Å². The Labute approximate surface area is 135 Å². The SMILES string of the molecule is COc1ccc(NC(=O)CN(C)C(=O)c2ccc(C)nc2)cc1. The molecule has 2 rings (SSSR count). The number of amides is 2. The van der Waals surface area contributed by atoms with Crippen molar-refractivity contribution in [1.29, 1.82) is 0 Å². The number of carbonyl (C=O) groups excluding carboxylic acids is 2. The first-order chi connectivity index (χ1) is 11.0. The van der Waals surface area contributed by atoms with Crippen molar-refractivity contribution in [3.8, 4) is 5.75 Å². The maximum absolute atomic E-state index is 12.2. The minimum absolute atomic E-state index is 0.0429. The van der Waals surface area contributed by atoms with Crippen LogP contribution in [-0.2, 0) is 4.79 Å². The number of anilines is 1. The van der Waals surface area contributed by atoms with Gasteiger partial charge in [0.25, 0.3) is 5.91 Å². The van der Waals surface area contributed by atoms with Crippen LogP contribution in [-0.4, -0.2) is 42.4 Å². The van der Waals surface area contributed by atoms with Crippen LogP contribution in [0.3, 0.4) is 0 Å². The molecule has 0 fully saturated rings. The predicted molar refractivity (Wildman–Crippen MR) is 87.6 cm³/mol. The first-order valence-electron chi connectivity index (χ1n) is 7.11. The monoisotopic (exact) mass is 313 g/mol. The molecule has 0 aliphatic heterocycles. The van der Waals surface area contributed by atoms with E-state index >= 15 is 0 Å². The van der Waals surface area contributed by atoms with Gasteiger partial charge in [-0.25, -0.2) is 0 Å². The van der Waals surface area contributed by atoms with Gasteiger partial charge in [-0.2, -0.15) is 0 Å². The number of ether oxygens (including phenoxy) is 1. The fourth-order valence-corrected chi connectivity index (χ4v) is 1.98. The van der Waals surface area contributed by atoms with Gasteiger partial charge in [0.15, 0.2) is 0 Å². The molecule has 6 nitrogen and oxygen atoms in total. The van der Waals surface area contributed by atoms with Gasteiger partial charge in [-0.3, -0.25) is 14.6 Å². The summed E-state index contributed by atoms with van der Waals surface area (Å²) in [7, 11) is 3.16. The molecule has 0 radical (unpaired) electrons. The van der Waals surface area contributed by atoms with Gasteiger partial charge < -0.3 is 15.0 Å². The lowest BCUT2D eigenvalue weighted by atomic mass is 10.2. The van der Waals surface area contributed by atoms with Gasteiger partial charge >= 0.3 is 0 Å². The van der Waals surface area contributed by atoms with Crippen LogP contribution in [0.5, 0.6) is 5.75 Å². The molecule has 0 saturated heterocycles. The number of aromatic nitrogens is 1. The van der Waals surface area contributed by atoms with Crippen LogP contribution in [0.25, 0.3) is 0 Å². The zero-order valence-electron chi connectivity index (χ0n) is 13.4. The molecule has 23 heavy (non-hydrogen) atoms. The molecule has 120 valence electrons. The van der Waals surface area contributed by atoms with Crippen molar-refractivity contribution < 1.29 is 14.3 Å². The highest BCUT2D eigenvalue weighted by Crippen LogP contribution is 2.15. The summed E-state index contributed by atoms with van der Waals surface area (Å²) >= 11 is 0. The van der Waals surface area contributed by atoms with Gasteiger partial charge in [0.05, 0.1) is 19.2 Å². The minimum atomic E-state index is -0.272. The fraction of sp³-hybridized carbons (Fsp3) is 0.235. The average molecular weight is 313 g/mol. The number of methoxy groups -OCH3 is 1. The van der Waals surface area contributed by atoms with Gasteiger partial charge in [0.2, 0.25) is 5.91 Å². The highest BCUT2D eigenvalue weighted by molar-refractivity contribution is 5.99. The zero-order valence-corrected chi connectivity index (χ0v) is 13.4. The fourth-order valence-electron chi connectivity index (χ4n) is 1.98. The molecule has 1 aromatic heterocycles. The Balaban J connectivity index is 1.93. The summed E-state index contributed by atoms with van der Waals surface area (Å²) in [4.78, 5) is 29.7. The van der Waals surface area contributed by atoms with Crippen LogP contribution in [0, 0.1) is 6.92 Å². The van der Waals surface area contributed by atoms with Crippen molar-refractivity contribution in [3.05, 3.63) is 53.9 Å². The molecule has 0 atom stereocenters. The van der Waals surface area contributed by atoms with Crippen LogP contribution in [0.2, 0.25) is 0 Å². The molecule has 0 aliphatic carbocycles. The smallest absolute Gasteiger partial charge is 0.255 e. The first-order valence-corrected chi connectivity index (χ1v) is 7.11. The third kappa shape index (κ3) is 4.54. The number of nitrogens with zero attached hydrogens (tertiary/aromatic N) is 2. The van der Waals surface area contributed by atoms with Crippen molar-refractivity contribution in [2.24, 2.45) is 0 Å². The molecule has 2 amide bonds. The summed E-state index contributed by atoms with van der Waals surface area (Å²) in [5.74, 6) is 0.190. The van der Waals surface area contributed by atoms with Gasteiger partial charge in [-0.15, -0.1) is 0 Å². The third-order valence-electron chi connectivity index (χ3n) is 3.26. The molecular weight excluding hydrogens is 294 g/mol. The number of rotatable bonds is 5. The summed E-state index contributed by atoms with van der Waals surface area (Å²) < 4.78 is 5.06. The molecule has 1 heterocycles. The van der Waals surface area contributed by atoms with Crippen molar-refractivity contribution >= 4 is 17.5 Å². The molecule has 0 spiro atoms. The molecule has 2 aromatic rings. The van der Waals surface area contributed by atoms with Gasteiger partial charge in [-0.1, -0.05) is 0 Å². The van der Waals surface area contributed by atoms with Gasteiger partial charge in [0, 0.05) is 24.6 Å². The Kier molecular flexibility index (Phi) is 5.30. The van der Waals surface area contributed by atoms with Gasteiger partial charge in [0.1, 0.15) is 5.75 Å². The first kappa shape index (κ1) is 16.5. The van der Waals surface area contributed by atoms with E-state index in [9.17, 15) is 9.59 Å². The van der Waals surface area contributed by atoms with Crippen molar-refractivity contribution in [1.82, 2.24) is 9.88 Å². The number of aryl methyl sites for hydroxylation is 1. The lowest BCUT2D eigenvalue weighted by molar-refractivity contribution is -0.116. The number of likely N-dealkylation sites (N-methyl/N-ethyl adjacent to an activating group) is 1. The number of hydrogen-bond donors (Lipinski definition) is 1. The Hall–Kier alpha value is -2.89. The molecule has 6 heteroatoms. The Morgan fingerprint density at radius 2 is 1.87 bits per heavy atom. The molecule has 0 saturated carbocycles. The summed E-state index contributed by atoms with van der Waals surface area (Å²) in [5.41, 5.74) is 1.94. The minimum Gasteiger partial charge on any atom is -0.497 e. The van der Waals surface area contributed by atoms with Crippen LogP contribution in [0.1, 0.15) is 16.1 Å². The summed E-state index contributed by atoms with van der Waals surface area (Å²) in [6.45, 7) is 1.80. The molecule has 0 bridgehead atoms. The van der Waals surface area contributed by atoms with Crippen LogP contribution in [0.15, 0.2) is 42.6 Å². The van der Waals surface area contributed by atoms with E-state index < -0.39 is 0 Å². The average Bonchev–Trinajstić information content (AvgIpc) is 2.55. The number of carbonyl (C=O) groups is 2. The third-order valence-corrected chi connectivity index (χ3v) is 3.26. The molecule has 0 aliphatic rings. The second-order valence-electron chi connectivity index (χ2n) is 5.13. The highest BCUT2D eigenvalue weighted by Gasteiger charge is 2.15. The summed E-state index contributed by atoms with van der Waals surface area (Å²) in [6.07, 6.45) is 1.51. The van der Waals surface area contributed by atoms with E-state index in [1.54, 1.807) is 50.6 Å². The Bertz CT molecular complexity index is 681. The Morgan fingerprint density at radius 1 is 1.17 bits per heavy atom. The maximum Gasteiger partial charge on any atom is 0.255 e. The van der Waals surface area contributed by atoms with E-state index in [2.05, 4.69) is 10.3 Å². The van der Waals surface area contributed by atoms with Crippen molar-refractivity contribution in [3.63, 3.8) is 0 Å². The van der Waals surface area contributed by atoms with E-state index in [0.717, 1.165) is 5.69 Å². The van der Waals surface area contributed by atoms with E-state index in [1.165, 1.54) is 11.1 Å². The largest absolute Gasteiger partial charge is 0.497 e. The molecular formula is C17H19N3O3. The molecule has 1 aromatic carbocycles. The van der Waals surface area contributed by atoms with E-state index in [-0.39, 0.29) is 18.4 Å². The van der Waals surface area contributed by atoms with Crippen LogP contribution < -0.4 is 10.1 Å². The van der Waals surface area contributed by atoms with E-state index in [4.69, 9.17) is 4.74 Å². The van der Waals surface area contributed by atoms with E-state index in [1.807, 2.05) is 6.92 Å². The Morgan fingerprint density at radius 3 is 2.43 bits per heavy atom. The second kappa shape index (κ2) is 7.40. The topological polar surface area (TPSA) is 71.5 Å². The molecule has 0 unspecified atom stereocenters. The standard InChI is InChI=1S/C17H19N3O3/c1-12-4-5-13(10-18-12)17(22)20(2)11-16(21)19-14-6-8-15(23-3)9-7-14/h4-10H,11H2,1-3H3,(H,19,21). The molecule has 1 N–H and O–H groups in total. The summed E-state index contributed by atoms with van der Waals surface area (Å²) in [6, 6.07) is 10.4. The lowest BCUT2D eigenvalue weighted by Gasteiger charge is -2.17. The quantitative estimate of drug-likeness (QED) is 0.917. The van der Waals surface area contributed by atoms with E-state index in [0.29, 0.717) is 17.0 Å². The number of nitrogens with one attached hydrogen (secondary N) is 1. The van der Waals surface area contributed by atoms with Crippen molar-refractivity contribution in [2.75, 3.05) is 26.0 Å². The second-order valence-corrected chi connectivity index (χ2v) is 5.13. The number of pyridine rings is 1. The van der Waals surface area contributed by atoms with Crippen LogP contribution in [0.4, 0.5) is 5.69 Å². The predicted octanol–water partition coefficient (Wildman–Crippen LogP) is 2.11.